The van der Waals surface area contributed by atoms with Crippen LogP contribution >= 0.6 is 11.6 Å². The Morgan fingerprint density at radius 3 is 2.82 bits per heavy atom. The highest BCUT2D eigenvalue weighted by molar-refractivity contribution is 6.30. The lowest BCUT2D eigenvalue weighted by atomic mass is 10.0. The third-order valence-electron chi connectivity index (χ3n) is 3.48. The molecular formula is C14H21ClN2. The minimum atomic E-state index is 0.256. The van der Waals surface area contributed by atoms with Crippen LogP contribution in [0.5, 0.6) is 0 Å². The molecule has 3 heteroatoms. The van der Waals surface area contributed by atoms with Gasteiger partial charge in [-0.05, 0) is 49.1 Å². The van der Waals surface area contributed by atoms with Crippen LogP contribution in [-0.2, 0) is 0 Å². The zero-order valence-corrected chi connectivity index (χ0v) is 11.1. The second-order valence-corrected chi connectivity index (χ2v) is 5.41. The maximum absolute atomic E-state index is 5.97. The van der Waals surface area contributed by atoms with Gasteiger partial charge in [0.1, 0.15) is 0 Å². The van der Waals surface area contributed by atoms with Gasteiger partial charge in [0.2, 0.25) is 0 Å². The van der Waals surface area contributed by atoms with E-state index in [-0.39, 0.29) is 6.04 Å². The van der Waals surface area contributed by atoms with Crippen molar-refractivity contribution in [3.8, 4) is 0 Å². The molecule has 1 saturated carbocycles. The van der Waals surface area contributed by atoms with E-state index in [1.807, 2.05) is 12.1 Å². The third-order valence-corrected chi connectivity index (χ3v) is 3.72. The van der Waals surface area contributed by atoms with Gasteiger partial charge in [-0.25, -0.2) is 0 Å². The monoisotopic (exact) mass is 252 g/mol. The number of nitrogens with two attached hydrogens (primary N) is 1. The Morgan fingerprint density at radius 1 is 1.47 bits per heavy atom. The highest BCUT2D eigenvalue weighted by atomic mass is 35.5. The van der Waals surface area contributed by atoms with E-state index in [0.717, 1.165) is 17.5 Å². The first kappa shape index (κ1) is 12.9. The summed E-state index contributed by atoms with van der Waals surface area (Å²) in [6, 6.07) is 6.28. The SMILES string of the molecule is Cc1cc(Cl)ccc1C(CN)NCCC1CC1. The lowest BCUT2D eigenvalue weighted by Gasteiger charge is -2.19. The quantitative estimate of drug-likeness (QED) is 0.817. The van der Waals surface area contributed by atoms with Crippen LogP contribution in [0.25, 0.3) is 0 Å². The Labute approximate surface area is 109 Å². The van der Waals surface area contributed by atoms with E-state index in [9.17, 15) is 0 Å². The van der Waals surface area contributed by atoms with Crippen molar-refractivity contribution < 1.29 is 0 Å². The molecule has 2 rings (SSSR count). The standard InChI is InChI=1S/C14H21ClN2/c1-10-8-12(15)4-5-13(10)14(9-16)17-7-6-11-2-3-11/h4-5,8,11,14,17H,2-3,6-7,9,16H2,1H3. The average Bonchev–Trinajstić information content (AvgIpc) is 3.10. The van der Waals surface area contributed by atoms with Gasteiger partial charge in [0, 0.05) is 17.6 Å². The number of rotatable bonds is 6. The predicted octanol–water partition coefficient (Wildman–Crippen LogP) is 3.04. The van der Waals surface area contributed by atoms with Gasteiger partial charge >= 0.3 is 0 Å². The number of benzene rings is 1. The Bertz CT molecular complexity index is 374. The zero-order chi connectivity index (χ0) is 12.3. The molecule has 1 aromatic rings. The van der Waals surface area contributed by atoms with E-state index in [1.165, 1.54) is 30.4 Å². The molecule has 3 N–H and O–H groups in total. The summed E-state index contributed by atoms with van der Waals surface area (Å²) in [6.45, 7) is 3.79. The fourth-order valence-electron chi connectivity index (χ4n) is 2.22. The summed E-state index contributed by atoms with van der Waals surface area (Å²) in [5.74, 6) is 0.965. The number of halogens is 1. The van der Waals surface area contributed by atoms with Crippen molar-refractivity contribution in [2.75, 3.05) is 13.1 Å². The molecule has 0 aromatic heterocycles. The summed E-state index contributed by atoms with van der Waals surface area (Å²) in [5.41, 5.74) is 8.33. The normalized spacial score (nSPS) is 17.1. The molecule has 2 nitrogen and oxygen atoms in total. The highest BCUT2D eigenvalue weighted by Gasteiger charge is 2.21. The zero-order valence-electron chi connectivity index (χ0n) is 10.4. The molecule has 0 aliphatic heterocycles. The maximum atomic E-state index is 5.97. The van der Waals surface area contributed by atoms with Crippen LogP contribution in [0.1, 0.15) is 36.4 Å². The summed E-state index contributed by atoms with van der Waals surface area (Å²) in [6.07, 6.45) is 4.10. The Morgan fingerprint density at radius 2 is 2.24 bits per heavy atom. The van der Waals surface area contributed by atoms with E-state index in [4.69, 9.17) is 17.3 Å². The summed E-state index contributed by atoms with van der Waals surface area (Å²) in [7, 11) is 0. The molecule has 94 valence electrons. The second kappa shape index (κ2) is 5.85. The number of hydrogen-bond acceptors (Lipinski definition) is 2. The van der Waals surface area contributed by atoms with Crippen LogP contribution in [0.3, 0.4) is 0 Å². The van der Waals surface area contributed by atoms with E-state index >= 15 is 0 Å². The number of nitrogens with one attached hydrogen (secondary N) is 1. The fourth-order valence-corrected chi connectivity index (χ4v) is 2.45. The average molecular weight is 253 g/mol. The molecule has 1 unspecified atom stereocenters. The van der Waals surface area contributed by atoms with Gasteiger partial charge in [-0.3, -0.25) is 0 Å². The van der Waals surface area contributed by atoms with E-state index < -0.39 is 0 Å². The van der Waals surface area contributed by atoms with Gasteiger partial charge < -0.3 is 11.1 Å². The molecule has 0 radical (unpaired) electrons. The molecule has 1 atom stereocenters. The Kier molecular flexibility index (Phi) is 4.43. The molecule has 1 aliphatic rings. The molecule has 0 spiro atoms. The molecule has 1 aromatic carbocycles. The topological polar surface area (TPSA) is 38.0 Å². The van der Waals surface area contributed by atoms with Crippen molar-refractivity contribution in [3.63, 3.8) is 0 Å². The predicted molar refractivity (Wildman–Crippen MR) is 73.3 cm³/mol. The van der Waals surface area contributed by atoms with Crippen molar-refractivity contribution in [1.82, 2.24) is 5.32 Å². The van der Waals surface area contributed by atoms with Crippen molar-refractivity contribution in [1.29, 1.82) is 0 Å². The van der Waals surface area contributed by atoms with Crippen molar-refractivity contribution in [2.45, 2.75) is 32.2 Å². The molecule has 0 saturated heterocycles. The van der Waals surface area contributed by atoms with Crippen LogP contribution in [0.2, 0.25) is 5.02 Å². The Balaban J connectivity index is 1.94. The van der Waals surface area contributed by atoms with E-state index in [0.29, 0.717) is 6.54 Å². The maximum Gasteiger partial charge on any atom is 0.0447 e. The van der Waals surface area contributed by atoms with Crippen molar-refractivity contribution in [2.24, 2.45) is 11.7 Å². The molecule has 0 bridgehead atoms. The van der Waals surface area contributed by atoms with Crippen molar-refractivity contribution in [3.05, 3.63) is 34.3 Å². The first-order chi connectivity index (χ1) is 8.20. The molecule has 0 amide bonds. The summed E-state index contributed by atoms with van der Waals surface area (Å²) < 4.78 is 0. The highest BCUT2D eigenvalue weighted by Crippen LogP contribution is 2.32. The van der Waals surface area contributed by atoms with Gasteiger partial charge in [0.25, 0.3) is 0 Å². The summed E-state index contributed by atoms with van der Waals surface area (Å²) in [4.78, 5) is 0. The summed E-state index contributed by atoms with van der Waals surface area (Å²) >= 11 is 5.97. The largest absolute Gasteiger partial charge is 0.329 e. The molecule has 1 aliphatic carbocycles. The van der Waals surface area contributed by atoms with Gasteiger partial charge in [-0.1, -0.05) is 30.5 Å². The Hall–Kier alpha value is -0.570. The van der Waals surface area contributed by atoms with Crippen LogP contribution in [-0.4, -0.2) is 13.1 Å². The minimum Gasteiger partial charge on any atom is -0.329 e. The van der Waals surface area contributed by atoms with Gasteiger partial charge in [0.05, 0.1) is 0 Å². The summed E-state index contributed by atoms with van der Waals surface area (Å²) in [5, 5.41) is 4.34. The van der Waals surface area contributed by atoms with E-state index in [2.05, 4.69) is 18.3 Å². The number of aryl methyl sites for hydroxylation is 1. The van der Waals surface area contributed by atoms with Crippen LogP contribution in [0.4, 0.5) is 0 Å². The van der Waals surface area contributed by atoms with Gasteiger partial charge in [-0.15, -0.1) is 0 Å². The lowest BCUT2D eigenvalue weighted by Crippen LogP contribution is -2.29. The van der Waals surface area contributed by atoms with Crippen LogP contribution < -0.4 is 11.1 Å². The van der Waals surface area contributed by atoms with Crippen LogP contribution in [0, 0.1) is 12.8 Å². The second-order valence-electron chi connectivity index (χ2n) is 4.98. The third kappa shape index (κ3) is 3.70. The fraction of sp³-hybridized carbons (Fsp3) is 0.571. The first-order valence-corrected chi connectivity index (χ1v) is 6.78. The minimum absolute atomic E-state index is 0.256. The van der Waals surface area contributed by atoms with Crippen LogP contribution in [0.15, 0.2) is 18.2 Å². The van der Waals surface area contributed by atoms with Gasteiger partial charge in [0.15, 0.2) is 0 Å². The first-order valence-electron chi connectivity index (χ1n) is 6.40. The number of hydrogen-bond donors (Lipinski definition) is 2. The molecule has 0 heterocycles. The molecular weight excluding hydrogens is 232 g/mol. The molecule has 17 heavy (non-hydrogen) atoms. The van der Waals surface area contributed by atoms with Crippen molar-refractivity contribution >= 4 is 11.6 Å². The lowest BCUT2D eigenvalue weighted by molar-refractivity contribution is 0.514. The molecule has 1 fully saturated rings. The smallest absolute Gasteiger partial charge is 0.0447 e. The van der Waals surface area contributed by atoms with Gasteiger partial charge in [-0.2, -0.15) is 0 Å². The van der Waals surface area contributed by atoms with E-state index in [1.54, 1.807) is 0 Å².